The molecule has 0 spiro atoms. The van der Waals surface area contributed by atoms with Crippen molar-refractivity contribution in [1.82, 2.24) is 0 Å². The first kappa shape index (κ1) is 17.0. The fourth-order valence-corrected chi connectivity index (χ4v) is 2.31. The van der Waals surface area contributed by atoms with Crippen LogP contribution in [-0.2, 0) is 17.6 Å². The summed E-state index contributed by atoms with van der Waals surface area (Å²) in [5, 5.41) is 19.9. The van der Waals surface area contributed by atoms with Crippen LogP contribution in [0.3, 0.4) is 0 Å². The van der Waals surface area contributed by atoms with Gasteiger partial charge in [-0.2, -0.15) is 0 Å². The molecule has 0 fully saturated rings. The molecule has 0 saturated heterocycles. The van der Waals surface area contributed by atoms with Gasteiger partial charge in [0, 0.05) is 16.9 Å². The predicted molar refractivity (Wildman–Crippen MR) is 87.7 cm³/mol. The molecule has 1 atom stereocenters. The maximum absolute atomic E-state index is 12.8. The van der Waals surface area contributed by atoms with Gasteiger partial charge in [-0.25, -0.2) is 4.39 Å². The highest BCUT2D eigenvalue weighted by atomic mass is 19.1. The van der Waals surface area contributed by atoms with E-state index < -0.39 is 12.2 Å². The number of halogens is 1. The Morgan fingerprint density at radius 1 is 1.09 bits per heavy atom. The summed E-state index contributed by atoms with van der Waals surface area (Å²) in [5.41, 5.74) is 2.73. The minimum absolute atomic E-state index is 0.274. The second-order valence-corrected chi connectivity index (χ2v) is 5.46. The molecule has 0 radical (unpaired) electrons. The molecule has 23 heavy (non-hydrogen) atoms. The van der Waals surface area contributed by atoms with Crippen LogP contribution < -0.4 is 5.32 Å². The van der Waals surface area contributed by atoms with E-state index in [-0.39, 0.29) is 12.2 Å². The smallest absolute Gasteiger partial charge is 0.515 e. The van der Waals surface area contributed by atoms with Crippen molar-refractivity contribution in [1.29, 1.82) is 0 Å². The molecule has 0 aliphatic rings. The monoisotopic (exact) mass is 318 g/mol. The van der Waals surface area contributed by atoms with Gasteiger partial charge in [-0.05, 0) is 48.2 Å². The number of aryl methyl sites for hydroxylation is 1. The molecule has 0 saturated carbocycles. The van der Waals surface area contributed by atoms with Gasteiger partial charge in [-0.1, -0.05) is 24.3 Å². The van der Waals surface area contributed by atoms with Crippen LogP contribution >= 0.6 is 0 Å². The van der Waals surface area contributed by atoms with Crippen molar-refractivity contribution in [3.63, 3.8) is 0 Å². The van der Waals surface area contributed by atoms with E-state index in [0.29, 0.717) is 12.8 Å². The number of aliphatic hydroxyl groups excluding tert-OH is 1. The topological polar surface area (TPSA) is 72.2 Å². The summed E-state index contributed by atoms with van der Waals surface area (Å²) in [5.74, 6) is -0.828. The number of carbonyl (C=O) groups excluding carboxylic acids is 1. The first-order chi connectivity index (χ1) is 11.0. The van der Waals surface area contributed by atoms with E-state index in [2.05, 4.69) is 5.32 Å². The Balaban J connectivity index is 1.82. The molecule has 4 N–H and O–H groups in total. The fraction of sp³-hybridized carbons (Fsp3) is 0.278. The molecule has 1 unspecified atom stereocenters. The zero-order valence-electron chi connectivity index (χ0n) is 12.8. The highest BCUT2D eigenvalue weighted by Crippen LogP contribution is 2.14. The maximum atomic E-state index is 12.8. The largest absolute Gasteiger partial charge is 0.565 e. The van der Waals surface area contributed by atoms with E-state index in [1.807, 2.05) is 24.3 Å². The van der Waals surface area contributed by atoms with Crippen LogP contribution in [0, 0.1) is 5.82 Å². The Hall–Kier alpha value is -2.40. The summed E-state index contributed by atoms with van der Waals surface area (Å²) in [6.07, 6.45) is 1.32. The van der Waals surface area contributed by atoms with Crippen LogP contribution in [0.25, 0.3) is 0 Å². The van der Waals surface area contributed by atoms with Gasteiger partial charge in [-0.15, -0.1) is 0 Å². The van der Waals surface area contributed by atoms with E-state index in [1.54, 1.807) is 12.1 Å². The lowest BCUT2D eigenvalue weighted by molar-refractivity contribution is -0.137. The van der Waals surface area contributed by atoms with Crippen molar-refractivity contribution < 1.29 is 19.4 Å². The Morgan fingerprint density at radius 3 is 2.30 bits per heavy atom. The van der Waals surface area contributed by atoms with Crippen LogP contribution in [0.15, 0.2) is 48.5 Å². The third kappa shape index (κ3) is 6.08. The zero-order valence-corrected chi connectivity index (χ0v) is 12.8. The number of carbonyl (C=O) groups is 1. The molecule has 0 aromatic heterocycles. The lowest BCUT2D eigenvalue weighted by Gasteiger charge is -2.14. The third-order valence-corrected chi connectivity index (χ3v) is 3.50. The first-order valence-corrected chi connectivity index (χ1v) is 7.55. The SMILES string of the molecule is O=C([OH2+])CCCc1ccc(NC(O)Cc2ccc(F)cc2)cc1. The molecule has 0 aliphatic carbocycles. The zero-order chi connectivity index (χ0) is 16.7. The molecule has 2 aromatic carbocycles. The van der Waals surface area contributed by atoms with E-state index in [4.69, 9.17) is 5.11 Å². The molecule has 0 aliphatic heterocycles. The predicted octanol–water partition coefficient (Wildman–Crippen LogP) is 2.37. The second kappa shape index (κ2) is 8.29. The third-order valence-electron chi connectivity index (χ3n) is 3.50. The van der Waals surface area contributed by atoms with Crippen molar-refractivity contribution >= 4 is 11.7 Å². The summed E-state index contributed by atoms with van der Waals surface area (Å²) in [6, 6.07) is 13.6. The summed E-state index contributed by atoms with van der Waals surface area (Å²) in [6.45, 7) is 0. The fourth-order valence-electron chi connectivity index (χ4n) is 2.31. The molecule has 2 aromatic rings. The lowest BCUT2D eigenvalue weighted by Crippen LogP contribution is -2.21. The number of hydrogen-bond acceptors (Lipinski definition) is 3. The highest BCUT2D eigenvalue weighted by molar-refractivity contribution is 5.66. The average Bonchev–Trinajstić information content (AvgIpc) is 2.51. The summed E-state index contributed by atoms with van der Waals surface area (Å²) < 4.78 is 12.8. The summed E-state index contributed by atoms with van der Waals surface area (Å²) >= 11 is 0. The van der Waals surface area contributed by atoms with Crippen molar-refractivity contribution in [2.75, 3.05) is 5.32 Å². The van der Waals surface area contributed by atoms with Crippen LogP contribution in [-0.4, -0.2) is 22.4 Å². The number of anilines is 1. The van der Waals surface area contributed by atoms with Gasteiger partial charge in [0.05, 0.1) is 0 Å². The molecule has 0 heterocycles. The van der Waals surface area contributed by atoms with Gasteiger partial charge in [0.25, 0.3) is 0 Å². The van der Waals surface area contributed by atoms with Crippen molar-refractivity contribution in [2.24, 2.45) is 0 Å². The summed E-state index contributed by atoms with van der Waals surface area (Å²) in [4.78, 5) is 10.6. The average molecular weight is 318 g/mol. The Kier molecular flexibility index (Phi) is 6.11. The highest BCUT2D eigenvalue weighted by Gasteiger charge is 2.07. The normalized spacial score (nSPS) is 11.9. The number of nitrogens with one attached hydrogen (secondary N) is 1. The minimum Gasteiger partial charge on any atom is -0.565 e. The Bertz CT molecular complexity index is 626. The van der Waals surface area contributed by atoms with Crippen LogP contribution in [0.1, 0.15) is 24.0 Å². The molecular weight excluding hydrogens is 297 g/mol. The number of rotatable bonds is 8. The second-order valence-electron chi connectivity index (χ2n) is 5.46. The van der Waals surface area contributed by atoms with E-state index >= 15 is 0 Å². The molecule has 4 nitrogen and oxygen atoms in total. The number of aliphatic hydroxyl groups is 1. The standard InChI is InChI=1S/C18H20FNO3/c19-15-8-4-14(5-9-15)12-17(21)20-16-10-6-13(7-11-16)2-1-3-18(22)23/h4-11,17,20-21H,1-3,12H2,(H,22,23)/p+1. The van der Waals surface area contributed by atoms with Crippen LogP contribution in [0.5, 0.6) is 0 Å². The number of benzene rings is 2. The van der Waals surface area contributed by atoms with Crippen molar-refractivity contribution in [3.05, 3.63) is 65.5 Å². The van der Waals surface area contributed by atoms with Gasteiger partial charge in [0.2, 0.25) is 0 Å². The lowest BCUT2D eigenvalue weighted by atomic mass is 10.1. The van der Waals surface area contributed by atoms with E-state index in [0.717, 1.165) is 23.2 Å². The van der Waals surface area contributed by atoms with Gasteiger partial charge < -0.3 is 15.5 Å². The van der Waals surface area contributed by atoms with Crippen LogP contribution in [0.2, 0.25) is 0 Å². The molecular formula is C18H21FNO3+. The minimum atomic E-state index is -0.757. The maximum Gasteiger partial charge on any atom is 0.515 e. The molecule has 122 valence electrons. The Morgan fingerprint density at radius 2 is 1.70 bits per heavy atom. The van der Waals surface area contributed by atoms with Crippen molar-refractivity contribution in [2.45, 2.75) is 31.9 Å². The molecule has 0 bridgehead atoms. The van der Waals surface area contributed by atoms with Gasteiger partial charge >= 0.3 is 5.97 Å². The quantitative estimate of drug-likeness (QED) is 0.580. The van der Waals surface area contributed by atoms with E-state index in [1.165, 1.54) is 12.1 Å². The van der Waals surface area contributed by atoms with Gasteiger partial charge in [0.15, 0.2) is 0 Å². The van der Waals surface area contributed by atoms with Gasteiger partial charge in [0.1, 0.15) is 18.5 Å². The number of hydrogen-bond donors (Lipinski definition) is 2. The Labute approximate surface area is 134 Å². The van der Waals surface area contributed by atoms with Crippen molar-refractivity contribution in [3.8, 4) is 0 Å². The summed E-state index contributed by atoms with van der Waals surface area (Å²) in [7, 11) is 0. The molecule has 5 heteroatoms. The first-order valence-electron chi connectivity index (χ1n) is 7.55. The van der Waals surface area contributed by atoms with Gasteiger partial charge in [-0.3, -0.25) is 0 Å². The molecule has 2 rings (SSSR count). The van der Waals surface area contributed by atoms with E-state index in [9.17, 15) is 14.3 Å². The van der Waals surface area contributed by atoms with Crippen LogP contribution in [0.4, 0.5) is 10.1 Å². The molecule has 0 amide bonds.